The van der Waals surface area contributed by atoms with Crippen molar-refractivity contribution in [2.24, 2.45) is 0 Å². The Morgan fingerprint density at radius 2 is 1.24 bits per heavy atom. The Labute approximate surface area is 340 Å². The van der Waals surface area contributed by atoms with Crippen LogP contribution >= 0.6 is 0 Å². The molecule has 2 fully saturated rings. The van der Waals surface area contributed by atoms with Crippen molar-refractivity contribution in [3.63, 3.8) is 0 Å². The Bertz CT molecular complexity index is 1720. The fourth-order valence-corrected chi connectivity index (χ4v) is 6.66. The minimum absolute atomic E-state index is 0.0123. The van der Waals surface area contributed by atoms with Gasteiger partial charge in [-0.1, -0.05) is 12.7 Å². The van der Waals surface area contributed by atoms with E-state index in [1.807, 2.05) is 0 Å². The maximum atomic E-state index is 13.4. The van der Waals surface area contributed by atoms with E-state index >= 15 is 0 Å². The number of carbonyl (C=O) groups excluding carboxylic acids is 5. The first-order valence-corrected chi connectivity index (χ1v) is 19.7. The third-order valence-corrected chi connectivity index (χ3v) is 9.73. The van der Waals surface area contributed by atoms with Gasteiger partial charge in [-0.2, -0.15) is 0 Å². The van der Waals surface area contributed by atoms with Gasteiger partial charge in [-0.25, -0.2) is 4.79 Å². The molecule has 16 nitrogen and oxygen atoms in total. The molecule has 0 saturated carbocycles. The number of piperidine rings is 2. The summed E-state index contributed by atoms with van der Waals surface area (Å²) >= 11 is 0. The highest BCUT2D eigenvalue weighted by atomic mass is 16.5. The summed E-state index contributed by atoms with van der Waals surface area (Å²) in [6.45, 7) is 8.13. The number of aliphatic hydroxyl groups is 2. The second-order valence-corrected chi connectivity index (χ2v) is 14.1. The second-order valence-electron chi connectivity index (χ2n) is 14.1. The third kappa shape index (κ3) is 13.9. The van der Waals surface area contributed by atoms with Gasteiger partial charge in [0, 0.05) is 43.8 Å². The molecule has 2 aromatic carbocycles. The molecule has 2 atom stereocenters. The van der Waals surface area contributed by atoms with Crippen molar-refractivity contribution in [3.8, 4) is 23.0 Å². The van der Waals surface area contributed by atoms with Gasteiger partial charge >= 0.3 is 6.09 Å². The van der Waals surface area contributed by atoms with Gasteiger partial charge in [0.2, 0.25) is 0 Å². The summed E-state index contributed by atoms with van der Waals surface area (Å²) < 4.78 is 27.2. The number of ether oxygens (including phenoxy) is 5. The number of aliphatic hydroxyl groups excluding tert-OH is 2. The Morgan fingerprint density at radius 1 is 0.759 bits per heavy atom. The molecule has 0 aromatic heterocycles. The van der Waals surface area contributed by atoms with Gasteiger partial charge in [0.05, 0.1) is 69.5 Å². The number of hydrogen-bond acceptors (Lipinski definition) is 13. The smallest absolute Gasteiger partial charge is 0.411 e. The number of Topliss-reactive ketones (excluding diaryl/α,β-unsaturated/α-hetero) is 2. The molecule has 0 unspecified atom stereocenters. The molecule has 2 aromatic rings. The van der Waals surface area contributed by atoms with E-state index in [1.165, 1.54) is 39.4 Å². The molecule has 58 heavy (non-hydrogen) atoms. The number of hydrogen-bond donors (Lipinski definition) is 4. The summed E-state index contributed by atoms with van der Waals surface area (Å²) in [6, 6.07) is 5.72. The first kappa shape index (κ1) is 47.0. The molecule has 5 N–H and O–H groups in total. The van der Waals surface area contributed by atoms with Gasteiger partial charge in [0.25, 0.3) is 11.8 Å². The molecular weight excluding hydrogens is 752 g/mol. The molecule has 16 heteroatoms. The molecule has 2 saturated heterocycles. The van der Waals surface area contributed by atoms with E-state index in [0.717, 1.165) is 32.1 Å². The topological polar surface area (TPSA) is 216 Å². The van der Waals surface area contributed by atoms with Crippen LogP contribution in [-0.4, -0.2) is 122 Å². The molecule has 0 radical (unpaired) electrons. The molecule has 2 heterocycles. The van der Waals surface area contributed by atoms with Crippen LogP contribution in [0, 0.1) is 0 Å². The van der Waals surface area contributed by atoms with Crippen LogP contribution in [-0.2, 0) is 14.3 Å². The number of carbonyl (C=O) groups is 5. The van der Waals surface area contributed by atoms with Crippen molar-refractivity contribution in [1.82, 2.24) is 9.80 Å². The maximum Gasteiger partial charge on any atom is 0.411 e. The number of ketones is 2. The van der Waals surface area contributed by atoms with Crippen molar-refractivity contribution < 1.29 is 57.9 Å². The highest BCUT2D eigenvalue weighted by molar-refractivity contribution is 6.04. The third-order valence-electron chi connectivity index (χ3n) is 9.73. The van der Waals surface area contributed by atoms with Crippen LogP contribution < -0.4 is 30.0 Å². The molecule has 0 bridgehead atoms. The van der Waals surface area contributed by atoms with Gasteiger partial charge in [-0.3, -0.25) is 14.9 Å². The van der Waals surface area contributed by atoms with Crippen LogP contribution in [0.4, 0.5) is 16.2 Å². The Morgan fingerprint density at radius 3 is 1.71 bits per heavy atom. The van der Waals surface area contributed by atoms with E-state index in [0.29, 0.717) is 86.0 Å². The van der Waals surface area contributed by atoms with E-state index in [4.69, 9.17) is 29.4 Å². The summed E-state index contributed by atoms with van der Waals surface area (Å²) in [7, 11) is 2.95. The van der Waals surface area contributed by atoms with Gasteiger partial charge in [-0.15, -0.1) is 0 Å². The summed E-state index contributed by atoms with van der Waals surface area (Å²) in [5.74, 6) is 1.15. The minimum atomic E-state index is -0.746. The van der Waals surface area contributed by atoms with Crippen molar-refractivity contribution >= 4 is 40.8 Å². The van der Waals surface area contributed by atoms with Crippen LogP contribution in [0.15, 0.2) is 36.9 Å². The van der Waals surface area contributed by atoms with E-state index in [1.54, 1.807) is 28.9 Å². The monoisotopic (exact) mass is 812 g/mol. The van der Waals surface area contributed by atoms with E-state index in [2.05, 4.69) is 11.9 Å². The average molecular weight is 813 g/mol. The molecule has 0 aliphatic carbocycles. The lowest BCUT2D eigenvalue weighted by Crippen LogP contribution is -2.45. The molecule has 2 aliphatic heterocycles. The number of nitrogens with two attached hydrogens (primary N) is 1. The summed E-state index contributed by atoms with van der Waals surface area (Å²) in [5.41, 5.74) is 7.15. The Hall–Kier alpha value is -5.35. The summed E-state index contributed by atoms with van der Waals surface area (Å²) in [5, 5.41) is 21.8. The highest BCUT2D eigenvalue weighted by Gasteiger charge is 2.31. The largest absolute Gasteiger partial charge is 0.493 e. The summed E-state index contributed by atoms with van der Waals surface area (Å²) in [6.07, 6.45) is 7.83. The van der Waals surface area contributed by atoms with Crippen molar-refractivity contribution in [3.05, 3.63) is 48.0 Å². The van der Waals surface area contributed by atoms with E-state index in [-0.39, 0.29) is 73.1 Å². The van der Waals surface area contributed by atoms with Crippen LogP contribution in [0.1, 0.15) is 98.8 Å². The first-order chi connectivity index (χ1) is 27.9. The Kier molecular flexibility index (Phi) is 19.8. The number of benzene rings is 2. The number of nitrogen functional groups attached to an aromatic ring is 1. The van der Waals surface area contributed by atoms with Crippen LogP contribution in [0.5, 0.6) is 23.0 Å². The highest BCUT2D eigenvalue weighted by Crippen LogP contribution is 2.36. The number of rotatable bonds is 19. The maximum absolute atomic E-state index is 13.4. The molecule has 320 valence electrons. The average Bonchev–Trinajstić information content (AvgIpc) is 3.22. The quantitative estimate of drug-likeness (QED) is 0.0819. The second kappa shape index (κ2) is 24.4. The number of likely N-dealkylation sites (tertiary alicyclic amines) is 2. The molecule has 3 amide bonds. The standard InChI is InChI=1S/C23H32N2O7.C19H28N2O5/c1-4-11-32-23(29)24-19-14-21(31-12-7-8-16(2)27)20(30-3)13-18(19)22(28)25-10-6-5-9-17(25)15-26;1-13(23)6-5-9-26-18-11-16(20)15(10-17(18)25-2)19(24)21-8-4-3-7-14(21)12-22/h4,13-14,17,26H,1,5-12,15H2,2-3H3,(H,24,29);10-11,14,22H,3-9,12,20H2,1-2H3/t17-;14-/m00/s1. The first-order valence-electron chi connectivity index (χ1n) is 19.7. The predicted molar refractivity (Wildman–Crippen MR) is 218 cm³/mol. The number of amides is 3. The lowest BCUT2D eigenvalue weighted by Gasteiger charge is -2.35. The minimum Gasteiger partial charge on any atom is -0.493 e. The van der Waals surface area contributed by atoms with Gasteiger partial charge in [0.15, 0.2) is 23.0 Å². The van der Waals surface area contributed by atoms with Crippen molar-refractivity contribution in [2.45, 2.75) is 90.1 Å². The Balaban J connectivity index is 0.000000317. The zero-order valence-corrected chi connectivity index (χ0v) is 34.2. The number of anilines is 2. The van der Waals surface area contributed by atoms with Gasteiger partial charge < -0.3 is 59.0 Å². The zero-order chi connectivity index (χ0) is 42.6. The number of nitrogens with zero attached hydrogens (tertiary/aromatic N) is 2. The van der Waals surface area contributed by atoms with Crippen LogP contribution in [0.25, 0.3) is 0 Å². The zero-order valence-electron chi connectivity index (χ0n) is 34.2. The fraction of sp³-hybridized carbons (Fsp3) is 0.548. The van der Waals surface area contributed by atoms with Crippen LogP contribution in [0.2, 0.25) is 0 Å². The molecule has 0 spiro atoms. The van der Waals surface area contributed by atoms with E-state index < -0.39 is 6.09 Å². The molecule has 2 aliphatic rings. The lowest BCUT2D eigenvalue weighted by atomic mass is 10.0. The summed E-state index contributed by atoms with van der Waals surface area (Å²) in [4.78, 5) is 63.9. The lowest BCUT2D eigenvalue weighted by molar-refractivity contribution is -0.118. The van der Waals surface area contributed by atoms with Crippen LogP contribution in [0.3, 0.4) is 0 Å². The normalized spacial score (nSPS) is 16.2. The van der Waals surface area contributed by atoms with Gasteiger partial charge in [-0.05, 0) is 77.3 Å². The van der Waals surface area contributed by atoms with Gasteiger partial charge in [0.1, 0.15) is 18.2 Å². The SMILES string of the molecule is C=CCOC(=O)Nc1cc(OCCCC(C)=O)c(OC)cc1C(=O)N1CCCC[C@H]1CO.COc1cc(C(=O)N2CCCC[C@H]2CO)c(N)cc1OCCCC(C)=O. The predicted octanol–water partition coefficient (Wildman–Crippen LogP) is 5.18. The number of nitrogens with one attached hydrogen (secondary N) is 1. The molecular formula is C42H60N4O12. The number of methoxy groups -OCH3 is 2. The fourth-order valence-electron chi connectivity index (χ4n) is 6.66. The van der Waals surface area contributed by atoms with Crippen molar-refractivity contribution in [1.29, 1.82) is 0 Å². The van der Waals surface area contributed by atoms with Crippen molar-refractivity contribution in [2.75, 3.05) is 71.4 Å². The van der Waals surface area contributed by atoms with E-state index in [9.17, 15) is 34.2 Å². The molecule has 4 rings (SSSR count).